The Balaban J connectivity index is 1.50. The number of hydrogen-bond acceptors (Lipinski definition) is 4. The number of benzene rings is 3. The molecule has 0 aromatic heterocycles. The molecule has 0 saturated carbocycles. The van der Waals surface area contributed by atoms with Gasteiger partial charge in [0.2, 0.25) is 11.8 Å². The van der Waals surface area contributed by atoms with Crippen LogP contribution in [-0.4, -0.2) is 33.7 Å². The lowest BCUT2D eigenvalue weighted by atomic mass is 10.1. The van der Waals surface area contributed by atoms with Gasteiger partial charge in [0.25, 0.3) is 0 Å². The van der Waals surface area contributed by atoms with Crippen molar-refractivity contribution in [1.29, 1.82) is 0 Å². The third-order valence-corrected chi connectivity index (χ3v) is 7.25. The molecule has 0 aliphatic carbocycles. The van der Waals surface area contributed by atoms with Crippen LogP contribution >= 0.6 is 39.3 Å². The fraction of sp³-hybridized carbons (Fsp3) is 0.192. The van der Waals surface area contributed by atoms with E-state index in [1.54, 1.807) is 29.2 Å². The van der Waals surface area contributed by atoms with Crippen molar-refractivity contribution in [3.63, 3.8) is 0 Å². The van der Waals surface area contributed by atoms with Crippen molar-refractivity contribution in [2.24, 2.45) is 4.99 Å². The highest BCUT2D eigenvalue weighted by Gasteiger charge is 2.35. The number of aryl methyl sites for hydroxylation is 1. The van der Waals surface area contributed by atoms with E-state index in [0.717, 1.165) is 17.3 Å². The Morgan fingerprint density at radius 1 is 1.06 bits per heavy atom. The van der Waals surface area contributed by atoms with E-state index < -0.39 is 5.25 Å². The fourth-order valence-electron chi connectivity index (χ4n) is 3.53. The van der Waals surface area contributed by atoms with Crippen molar-refractivity contribution in [2.45, 2.75) is 24.5 Å². The summed E-state index contributed by atoms with van der Waals surface area (Å²) in [7, 11) is 0. The standard InChI is InChI=1S/C26H23BrClN3O2S/c27-19-8-12-21(13-9-19)29-25(33)23-17-24(32)31(16-4-7-18-5-2-1-3-6-18)26(34-23)30-22-14-10-20(28)11-15-22/h1-3,5-6,8-15,23H,4,7,16-17H2,(H,29,33). The van der Waals surface area contributed by atoms with Crippen LogP contribution in [0.3, 0.4) is 0 Å². The predicted molar refractivity (Wildman–Crippen MR) is 144 cm³/mol. The van der Waals surface area contributed by atoms with Crippen LogP contribution in [0.5, 0.6) is 0 Å². The lowest BCUT2D eigenvalue weighted by Crippen LogP contribution is -2.45. The van der Waals surface area contributed by atoms with Gasteiger partial charge in [0.15, 0.2) is 5.17 Å². The molecule has 1 unspecified atom stereocenters. The third kappa shape index (κ3) is 6.72. The Bertz CT molecular complexity index is 1170. The summed E-state index contributed by atoms with van der Waals surface area (Å²) >= 11 is 10.7. The van der Waals surface area contributed by atoms with Gasteiger partial charge in [-0.2, -0.15) is 0 Å². The maximum atomic E-state index is 13.1. The number of hydrogen-bond donors (Lipinski definition) is 1. The molecule has 0 spiro atoms. The van der Waals surface area contributed by atoms with Crippen LogP contribution in [0.2, 0.25) is 5.02 Å². The van der Waals surface area contributed by atoms with Gasteiger partial charge in [-0.25, -0.2) is 4.99 Å². The highest BCUT2D eigenvalue weighted by molar-refractivity contribution is 9.10. The number of nitrogens with zero attached hydrogens (tertiary/aromatic N) is 2. The van der Waals surface area contributed by atoms with Crippen LogP contribution in [0.1, 0.15) is 18.4 Å². The molecule has 4 rings (SSSR count). The molecular formula is C26H23BrClN3O2S. The van der Waals surface area contributed by atoms with Gasteiger partial charge < -0.3 is 5.32 Å². The van der Waals surface area contributed by atoms with E-state index in [1.807, 2.05) is 42.5 Å². The minimum atomic E-state index is -0.562. The number of carbonyl (C=O) groups is 2. The number of nitrogens with one attached hydrogen (secondary N) is 1. The van der Waals surface area contributed by atoms with E-state index in [0.29, 0.717) is 28.1 Å². The number of carbonyl (C=O) groups excluding carboxylic acids is 2. The molecule has 34 heavy (non-hydrogen) atoms. The lowest BCUT2D eigenvalue weighted by Gasteiger charge is -2.32. The summed E-state index contributed by atoms with van der Waals surface area (Å²) in [6, 6.07) is 24.6. The Kier molecular flexibility index (Phi) is 8.43. The van der Waals surface area contributed by atoms with Crippen LogP contribution in [-0.2, 0) is 16.0 Å². The van der Waals surface area contributed by atoms with Gasteiger partial charge in [0, 0.05) is 28.1 Å². The molecular weight excluding hydrogens is 534 g/mol. The molecule has 174 valence electrons. The summed E-state index contributed by atoms with van der Waals surface area (Å²) in [5, 5.41) is 3.49. The van der Waals surface area contributed by atoms with Crippen LogP contribution < -0.4 is 5.32 Å². The van der Waals surface area contributed by atoms with E-state index in [2.05, 4.69) is 33.4 Å². The summed E-state index contributed by atoms with van der Waals surface area (Å²) in [6.07, 6.45) is 1.78. The molecule has 1 fully saturated rings. The van der Waals surface area contributed by atoms with Gasteiger partial charge in [0.1, 0.15) is 5.25 Å². The zero-order chi connectivity index (χ0) is 23.9. The minimum Gasteiger partial charge on any atom is -0.325 e. The fourth-order valence-corrected chi connectivity index (χ4v) is 5.04. The molecule has 1 aliphatic heterocycles. The molecule has 1 aliphatic rings. The van der Waals surface area contributed by atoms with Crippen molar-refractivity contribution in [1.82, 2.24) is 4.90 Å². The number of halogens is 2. The largest absolute Gasteiger partial charge is 0.325 e. The molecule has 1 atom stereocenters. The monoisotopic (exact) mass is 555 g/mol. The normalized spacial score (nSPS) is 17.1. The highest BCUT2D eigenvalue weighted by Crippen LogP contribution is 2.30. The maximum absolute atomic E-state index is 13.1. The van der Waals surface area contributed by atoms with Crippen molar-refractivity contribution in [2.75, 3.05) is 11.9 Å². The van der Waals surface area contributed by atoms with Gasteiger partial charge >= 0.3 is 0 Å². The van der Waals surface area contributed by atoms with E-state index in [-0.39, 0.29) is 18.2 Å². The summed E-state index contributed by atoms with van der Waals surface area (Å²) in [4.78, 5) is 32.5. The van der Waals surface area contributed by atoms with Crippen molar-refractivity contribution < 1.29 is 9.59 Å². The second-order valence-electron chi connectivity index (χ2n) is 7.81. The quantitative estimate of drug-likeness (QED) is 0.352. The van der Waals surface area contributed by atoms with E-state index in [4.69, 9.17) is 16.6 Å². The van der Waals surface area contributed by atoms with Gasteiger partial charge in [-0.15, -0.1) is 0 Å². The number of aliphatic imine (C=N–C) groups is 1. The van der Waals surface area contributed by atoms with E-state index in [1.165, 1.54) is 17.3 Å². The Morgan fingerprint density at radius 2 is 1.76 bits per heavy atom. The zero-order valence-electron chi connectivity index (χ0n) is 18.3. The number of rotatable bonds is 7. The molecule has 3 aromatic rings. The molecule has 1 heterocycles. The first-order valence-corrected chi connectivity index (χ1v) is 12.9. The molecule has 2 amide bonds. The van der Waals surface area contributed by atoms with Crippen molar-refractivity contribution in [3.05, 3.63) is 93.9 Å². The van der Waals surface area contributed by atoms with Crippen LogP contribution in [0.15, 0.2) is 88.3 Å². The lowest BCUT2D eigenvalue weighted by molar-refractivity contribution is -0.129. The second kappa shape index (κ2) is 11.7. The summed E-state index contributed by atoms with van der Waals surface area (Å²) in [5.41, 5.74) is 2.59. The highest BCUT2D eigenvalue weighted by atomic mass is 79.9. The predicted octanol–water partition coefficient (Wildman–Crippen LogP) is 6.70. The summed E-state index contributed by atoms with van der Waals surface area (Å²) in [5.74, 6) is -0.316. The third-order valence-electron chi connectivity index (χ3n) is 5.29. The smallest absolute Gasteiger partial charge is 0.238 e. The van der Waals surface area contributed by atoms with Gasteiger partial charge in [0.05, 0.1) is 5.69 Å². The number of amides is 2. The number of amidine groups is 1. The van der Waals surface area contributed by atoms with Gasteiger partial charge in [-0.3, -0.25) is 14.5 Å². The minimum absolute atomic E-state index is 0.101. The van der Waals surface area contributed by atoms with E-state index in [9.17, 15) is 9.59 Å². The summed E-state index contributed by atoms with van der Waals surface area (Å²) < 4.78 is 0.927. The van der Waals surface area contributed by atoms with Crippen molar-refractivity contribution >= 4 is 67.6 Å². The maximum Gasteiger partial charge on any atom is 0.238 e. The van der Waals surface area contributed by atoms with Crippen LogP contribution in [0.4, 0.5) is 11.4 Å². The average molecular weight is 557 g/mol. The molecule has 1 N–H and O–H groups in total. The number of thioether (sulfide) groups is 1. The van der Waals surface area contributed by atoms with Crippen LogP contribution in [0.25, 0.3) is 0 Å². The topological polar surface area (TPSA) is 61.8 Å². The first-order valence-electron chi connectivity index (χ1n) is 10.9. The van der Waals surface area contributed by atoms with Crippen molar-refractivity contribution in [3.8, 4) is 0 Å². The molecule has 8 heteroatoms. The Hall–Kier alpha value is -2.61. The van der Waals surface area contributed by atoms with E-state index >= 15 is 0 Å². The molecule has 0 bridgehead atoms. The Labute approximate surface area is 216 Å². The number of anilines is 1. The van der Waals surface area contributed by atoms with Crippen LogP contribution in [0, 0.1) is 0 Å². The zero-order valence-corrected chi connectivity index (χ0v) is 21.4. The molecule has 0 radical (unpaired) electrons. The summed E-state index contributed by atoms with van der Waals surface area (Å²) in [6.45, 7) is 0.536. The van der Waals surface area contributed by atoms with Gasteiger partial charge in [-0.05, 0) is 66.9 Å². The SMILES string of the molecule is O=C(Nc1ccc(Br)cc1)C1CC(=O)N(CCCc2ccccc2)C(=Nc2ccc(Cl)cc2)S1. The first kappa shape index (κ1) is 24.5. The average Bonchev–Trinajstić information content (AvgIpc) is 2.84. The molecule has 1 saturated heterocycles. The first-order chi connectivity index (χ1) is 16.5. The molecule has 3 aromatic carbocycles. The molecule has 5 nitrogen and oxygen atoms in total. The Morgan fingerprint density at radius 3 is 2.47 bits per heavy atom. The van der Waals surface area contributed by atoms with Gasteiger partial charge in [-0.1, -0.05) is 69.6 Å². The second-order valence-corrected chi connectivity index (χ2v) is 10.3.